The van der Waals surface area contributed by atoms with Crippen molar-refractivity contribution < 1.29 is 4.79 Å². The molecule has 2 aromatic rings. The maximum atomic E-state index is 11.6. The first-order valence-electron chi connectivity index (χ1n) is 6.16. The molecule has 1 heterocycles. The van der Waals surface area contributed by atoms with Crippen LogP contribution in [0.3, 0.4) is 0 Å². The Kier molecular flexibility index (Phi) is 6.64. The van der Waals surface area contributed by atoms with E-state index in [4.69, 9.17) is 0 Å². The Labute approximate surface area is 129 Å². The summed E-state index contributed by atoms with van der Waals surface area (Å²) in [6.07, 6.45) is 0.476. The molecule has 1 aromatic carbocycles. The summed E-state index contributed by atoms with van der Waals surface area (Å²) in [7, 11) is 1.83. The molecule has 0 aliphatic carbocycles. The highest BCUT2D eigenvalue weighted by Gasteiger charge is 2.04. The van der Waals surface area contributed by atoms with E-state index >= 15 is 0 Å². The lowest BCUT2D eigenvalue weighted by Crippen LogP contribution is -2.18. The summed E-state index contributed by atoms with van der Waals surface area (Å²) in [6, 6.07) is 7.76. The number of benzene rings is 1. The van der Waals surface area contributed by atoms with Gasteiger partial charge in [0.2, 0.25) is 5.91 Å². The fraction of sp³-hybridized carbons (Fsp3) is 0.286. The zero-order valence-electron chi connectivity index (χ0n) is 11.5. The van der Waals surface area contributed by atoms with Gasteiger partial charge in [0.15, 0.2) is 0 Å². The molecule has 2 rings (SSSR count). The van der Waals surface area contributed by atoms with Crippen LogP contribution in [0.5, 0.6) is 0 Å². The van der Waals surface area contributed by atoms with E-state index < -0.39 is 0 Å². The van der Waals surface area contributed by atoms with Crippen molar-refractivity contribution >= 4 is 35.3 Å². The third kappa shape index (κ3) is 4.59. The van der Waals surface area contributed by atoms with Gasteiger partial charge < -0.3 is 10.6 Å². The third-order valence-electron chi connectivity index (χ3n) is 2.69. The number of anilines is 1. The molecule has 0 fully saturated rings. The van der Waals surface area contributed by atoms with Crippen molar-refractivity contribution in [2.75, 3.05) is 18.9 Å². The summed E-state index contributed by atoms with van der Waals surface area (Å²) in [4.78, 5) is 16.0. The van der Waals surface area contributed by atoms with Gasteiger partial charge >= 0.3 is 0 Å². The average molecular weight is 312 g/mol. The molecule has 0 saturated carbocycles. The quantitative estimate of drug-likeness (QED) is 0.892. The normalized spacial score (nSPS) is 9.90. The molecule has 0 radical (unpaired) electrons. The van der Waals surface area contributed by atoms with Crippen molar-refractivity contribution in [2.24, 2.45) is 0 Å². The monoisotopic (exact) mass is 311 g/mol. The van der Waals surface area contributed by atoms with E-state index in [2.05, 4.69) is 15.6 Å². The number of aromatic nitrogens is 1. The van der Waals surface area contributed by atoms with Gasteiger partial charge in [-0.05, 0) is 26.1 Å². The van der Waals surface area contributed by atoms with Gasteiger partial charge in [-0.3, -0.25) is 4.79 Å². The molecule has 0 aliphatic rings. The van der Waals surface area contributed by atoms with Crippen LogP contribution in [0.1, 0.15) is 11.4 Å². The molecular formula is C14H18ClN3OS. The van der Waals surface area contributed by atoms with Crippen LogP contribution >= 0.6 is 23.7 Å². The minimum absolute atomic E-state index is 0. The number of nitrogens with one attached hydrogen (secondary N) is 2. The predicted molar refractivity (Wildman–Crippen MR) is 86.7 cm³/mol. The van der Waals surface area contributed by atoms with E-state index in [9.17, 15) is 4.79 Å². The summed E-state index contributed by atoms with van der Waals surface area (Å²) < 4.78 is 0. The summed E-state index contributed by atoms with van der Waals surface area (Å²) in [5.74, 6) is 0.0200. The molecule has 1 amide bonds. The first-order valence-corrected chi connectivity index (χ1v) is 7.04. The van der Waals surface area contributed by atoms with Gasteiger partial charge in [0.25, 0.3) is 0 Å². The van der Waals surface area contributed by atoms with Crippen molar-refractivity contribution in [3.05, 3.63) is 34.7 Å². The van der Waals surface area contributed by atoms with Gasteiger partial charge in [-0.15, -0.1) is 23.7 Å². The summed E-state index contributed by atoms with van der Waals surface area (Å²) in [5.41, 5.74) is 2.87. The number of hydrogen-bond donors (Lipinski definition) is 2. The first-order chi connectivity index (χ1) is 9.19. The molecule has 0 atom stereocenters. The molecule has 4 nitrogen and oxygen atoms in total. The Morgan fingerprint density at radius 2 is 2.00 bits per heavy atom. The van der Waals surface area contributed by atoms with Crippen LogP contribution in [-0.2, 0) is 4.79 Å². The Morgan fingerprint density at radius 3 is 2.55 bits per heavy atom. The van der Waals surface area contributed by atoms with Crippen molar-refractivity contribution in [1.29, 1.82) is 0 Å². The number of halogens is 1. The molecule has 0 aliphatic heterocycles. The maximum Gasteiger partial charge on any atom is 0.225 e. The molecule has 0 unspecified atom stereocenters. The molecular weight excluding hydrogens is 294 g/mol. The molecule has 0 spiro atoms. The average Bonchev–Trinajstić information content (AvgIpc) is 2.84. The summed E-state index contributed by atoms with van der Waals surface area (Å²) >= 11 is 1.64. The molecule has 0 bridgehead atoms. The maximum absolute atomic E-state index is 11.6. The molecule has 20 heavy (non-hydrogen) atoms. The highest BCUT2D eigenvalue weighted by atomic mass is 35.5. The highest BCUT2D eigenvalue weighted by molar-refractivity contribution is 7.09. The van der Waals surface area contributed by atoms with Crippen LogP contribution in [0.25, 0.3) is 11.3 Å². The second-order valence-corrected chi connectivity index (χ2v) is 5.29. The second-order valence-electron chi connectivity index (χ2n) is 4.23. The largest absolute Gasteiger partial charge is 0.326 e. The lowest BCUT2D eigenvalue weighted by atomic mass is 10.1. The van der Waals surface area contributed by atoms with Crippen LogP contribution < -0.4 is 10.6 Å². The molecule has 2 N–H and O–H groups in total. The lowest BCUT2D eigenvalue weighted by molar-refractivity contribution is -0.116. The zero-order valence-corrected chi connectivity index (χ0v) is 13.1. The van der Waals surface area contributed by atoms with Crippen LogP contribution in [0, 0.1) is 6.92 Å². The number of nitrogens with zero attached hydrogens (tertiary/aromatic N) is 1. The molecule has 6 heteroatoms. The van der Waals surface area contributed by atoms with E-state index in [1.807, 2.05) is 43.6 Å². The number of carbonyl (C=O) groups excluding carboxylic acids is 1. The SMILES string of the molecule is CNCCC(=O)Nc1ccc(-c2csc(C)n2)cc1.Cl. The van der Waals surface area contributed by atoms with Crippen molar-refractivity contribution in [2.45, 2.75) is 13.3 Å². The van der Waals surface area contributed by atoms with E-state index in [1.165, 1.54) is 0 Å². The highest BCUT2D eigenvalue weighted by Crippen LogP contribution is 2.23. The summed E-state index contributed by atoms with van der Waals surface area (Å²) in [6.45, 7) is 2.67. The van der Waals surface area contributed by atoms with Crippen LogP contribution in [0.4, 0.5) is 5.69 Å². The van der Waals surface area contributed by atoms with Crippen molar-refractivity contribution in [3.8, 4) is 11.3 Å². The number of amides is 1. The Bertz CT molecular complexity index is 554. The zero-order chi connectivity index (χ0) is 13.7. The standard InChI is InChI=1S/C14H17N3OS.ClH/c1-10-16-13(9-19-10)11-3-5-12(6-4-11)17-14(18)7-8-15-2;/h3-6,9,15H,7-8H2,1-2H3,(H,17,18);1H. The second kappa shape index (κ2) is 7.99. The van der Waals surface area contributed by atoms with E-state index in [1.54, 1.807) is 11.3 Å². The van der Waals surface area contributed by atoms with Gasteiger partial charge in [-0.25, -0.2) is 4.98 Å². The minimum Gasteiger partial charge on any atom is -0.326 e. The fourth-order valence-electron chi connectivity index (χ4n) is 1.68. The predicted octanol–water partition coefficient (Wildman–Crippen LogP) is 3.09. The van der Waals surface area contributed by atoms with E-state index in [0.29, 0.717) is 13.0 Å². The first kappa shape index (κ1) is 16.6. The number of hydrogen-bond acceptors (Lipinski definition) is 4. The smallest absolute Gasteiger partial charge is 0.225 e. The van der Waals surface area contributed by atoms with Crippen LogP contribution in [-0.4, -0.2) is 24.5 Å². The Balaban J connectivity index is 0.00000200. The van der Waals surface area contributed by atoms with Gasteiger partial charge in [-0.1, -0.05) is 12.1 Å². The molecule has 0 saturated heterocycles. The van der Waals surface area contributed by atoms with Gasteiger partial charge in [0.1, 0.15) is 0 Å². The Morgan fingerprint density at radius 1 is 1.30 bits per heavy atom. The van der Waals surface area contributed by atoms with Crippen molar-refractivity contribution in [3.63, 3.8) is 0 Å². The summed E-state index contributed by atoms with van der Waals surface area (Å²) in [5, 5.41) is 8.91. The van der Waals surface area contributed by atoms with E-state index in [0.717, 1.165) is 22.0 Å². The van der Waals surface area contributed by atoms with Crippen LogP contribution in [0.15, 0.2) is 29.6 Å². The topological polar surface area (TPSA) is 54.0 Å². The number of carbonyl (C=O) groups is 1. The molecule has 108 valence electrons. The molecule has 1 aromatic heterocycles. The van der Waals surface area contributed by atoms with Crippen molar-refractivity contribution in [1.82, 2.24) is 10.3 Å². The van der Waals surface area contributed by atoms with Gasteiger partial charge in [-0.2, -0.15) is 0 Å². The number of rotatable bonds is 5. The number of aryl methyl sites for hydroxylation is 1. The number of thiazole rings is 1. The van der Waals surface area contributed by atoms with Gasteiger partial charge in [0.05, 0.1) is 10.7 Å². The lowest BCUT2D eigenvalue weighted by Gasteiger charge is -2.05. The fourth-order valence-corrected chi connectivity index (χ4v) is 2.30. The third-order valence-corrected chi connectivity index (χ3v) is 3.46. The van der Waals surface area contributed by atoms with Gasteiger partial charge in [0, 0.05) is 29.6 Å². The minimum atomic E-state index is 0. The van der Waals surface area contributed by atoms with Crippen LogP contribution in [0.2, 0.25) is 0 Å². The Hall–Kier alpha value is -1.43. The van der Waals surface area contributed by atoms with E-state index in [-0.39, 0.29) is 18.3 Å².